The highest BCUT2D eigenvalue weighted by atomic mass is 16.1. The number of hydrogen-bond acceptors (Lipinski definition) is 4. The van der Waals surface area contributed by atoms with Crippen LogP contribution in [-0.2, 0) is 11.3 Å². The molecule has 104 valence electrons. The van der Waals surface area contributed by atoms with Crippen molar-refractivity contribution in [2.75, 3.05) is 19.0 Å². The third-order valence-corrected chi connectivity index (χ3v) is 3.59. The van der Waals surface area contributed by atoms with Crippen molar-refractivity contribution in [1.29, 1.82) is 0 Å². The predicted molar refractivity (Wildman–Crippen MR) is 75.7 cm³/mol. The zero-order valence-electron chi connectivity index (χ0n) is 11.6. The first-order valence-corrected chi connectivity index (χ1v) is 6.72. The molecule has 1 aliphatic rings. The van der Waals surface area contributed by atoms with Crippen LogP contribution in [0.5, 0.6) is 0 Å². The van der Waals surface area contributed by atoms with Gasteiger partial charge >= 0.3 is 0 Å². The molecule has 0 aliphatic heterocycles. The summed E-state index contributed by atoms with van der Waals surface area (Å²) in [6.07, 6.45) is 4.42. The zero-order valence-corrected chi connectivity index (χ0v) is 11.6. The lowest BCUT2D eigenvalue weighted by Crippen LogP contribution is -2.30. The number of aromatic nitrogens is 1. The van der Waals surface area contributed by atoms with Crippen LogP contribution in [0, 0.1) is 5.92 Å². The molecule has 3 N–H and O–H groups in total. The number of nitrogens with one attached hydrogen (secondary N) is 1. The third-order valence-electron chi connectivity index (χ3n) is 3.59. The Morgan fingerprint density at radius 1 is 1.53 bits per heavy atom. The molecule has 2 atom stereocenters. The number of rotatable bonds is 4. The lowest BCUT2D eigenvalue weighted by molar-refractivity contribution is -0.125. The fourth-order valence-electron chi connectivity index (χ4n) is 2.55. The molecular weight excluding hydrogens is 240 g/mol. The summed E-state index contributed by atoms with van der Waals surface area (Å²) in [5.41, 5.74) is 6.87. The van der Waals surface area contributed by atoms with E-state index in [1.807, 2.05) is 31.1 Å². The van der Waals surface area contributed by atoms with Gasteiger partial charge < -0.3 is 16.0 Å². The molecular formula is C14H22N4O. The third kappa shape index (κ3) is 3.44. The summed E-state index contributed by atoms with van der Waals surface area (Å²) in [6, 6.07) is 4.06. The molecule has 1 aromatic heterocycles. The second kappa shape index (κ2) is 6.02. The quantitative estimate of drug-likeness (QED) is 0.845. The molecule has 2 rings (SSSR count). The Morgan fingerprint density at radius 3 is 2.95 bits per heavy atom. The van der Waals surface area contributed by atoms with Gasteiger partial charge in [-0.15, -0.1) is 0 Å². The van der Waals surface area contributed by atoms with Gasteiger partial charge in [0.2, 0.25) is 5.91 Å². The Hall–Kier alpha value is -1.62. The van der Waals surface area contributed by atoms with Crippen LogP contribution in [0.25, 0.3) is 0 Å². The van der Waals surface area contributed by atoms with Crippen molar-refractivity contribution in [3.05, 3.63) is 23.9 Å². The molecule has 0 spiro atoms. The van der Waals surface area contributed by atoms with Gasteiger partial charge in [-0.2, -0.15) is 0 Å². The highest BCUT2D eigenvalue weighted by Crippen LogP contribution is 2.24. The molecule has 5 nitrogen and oxygen atoms in total. The van der Waals surface area contributed by atoms with E-state index in [-0.39, 0.29) is 17.9 Å². The number of nitrogens with zero attached hydrogens (tertiary/aromatic N) is 2. The predicted octanol–water partition coefficient (Wildman–Crippen LogP) is 0.891. The van der Waals surface area contributed by atoms with Gasteiger partial charge in [0, 0.05) is 44.4 Å². The van der Waals surface area contributed by atoms with Crippen LogP contribution in [0.4, 0.5) is 5.82 Å². The smallest absolute Gasteiger partial charge is 0.223 e. The van der Waals surface area contributed by atoms with E-state index in [2.05, 4.69) is 10.3 Å². The first-order valence-electron chi connectivity index (χ1n) is 6.72. The van der Waals surface area contributed by atoms with Gasteiger partial charge in [-0.3, -0.25) is 4.79 Å². The average Bonchev–Trinajstić information content (AvgIpc) is 2.83. The number of carbonyl (C=O) groups is 1. The molecule has 1 heterocycles. The molecule has 1 amide bonds. The number of nitrogens with two attached hydrogens (primary N) is 1. The average molecular weight is 262 g/mol. The molecule has 2 unspecified atom stereocenters. The molecule has 1 saturated carbocycles. The van der Waals surface area contributed by atoms with Gasteiger partial charge in [-0.25, -0.2) is 4.98 Å². The summed E-state index contributed by atoms with van der Waals surface area (Å²) in [4.78, 5) is 18.3. The van der Waals surface area contributed by atoms with Gasteiger partial charge in [0.1, 0.15) is 5.82 Å². The lowest BCUT2D eigenvalue weighted by Gasteiger charge is -2.17. The van der Waals surface area contributed by atoms with Gasteiger partial charge in [-0.1, -0.05) is 6.07 Å². The highest BCUT2D eigenvalue weighted by Gasteiger charge is 2.27. The van der Waals surface area contributed by atoms with Crippen molar-refractivity contribution in [2.24, 2.45) is 11.7 Å². The summed E-state index contributed by atoms with van der Waals surface area (Å²) >= 11 is 0. The Morgan fingerprint density at radius 2 is 2.32 bits per heavy atom. The van der Waals surface area contributed by atoms with Crippen LogP contribution in [-0.4, -0.2) is 31.0 Å². The molecule has 1 fully saturated rings. The first kappa shape index (κ1) is 13.8. The van der Waals surface area contributed by atoms with Crippen molar-refractivity contribution in [1.82, 2.24) is 10.3 Å². The molecule has 5 heteroatoms. The second-order valence-corrected chi connectivity index (χ2v) is 5.37. The summed E-state index contributed by atoms with van der Waals surface area (Å²) < 4.78 is 0. The molecule has 0 aromatic carbocycles. The number of hydrogen-bond donors (Lipinski definition) is 2. The molecule has 1 aromatic rings. The van der Waals surface area contributed by atoms with Crippen LogP contribution in [0.2, 0.25) is 0 Å². The molecule has 0 bridgehead atoms. The summed E-state index contributed by atoms with van der Waals surface area (Å²) in [5, 5.41) is 3.00. The van der Waals surface area contributed by atoms with E-state index < -0.39 is 0 Å². The molecule has 19 heavy (non-hydrogen) atoms. The fourth-order valence-corrected chi connectivity index (χ4v) is 2.55. The van der Waals surface area contributed by atoms with Gasteiger partial charge in [-0.05, 0) is 25.3 Å². The van der Waals surface area contributed by atoms with Crippen molar-refractivity contribution in [3.8, 4) is 0 Å². The number of carbonyl (C=O) groups excluding carboxylic acids is 1. The summed E-state index contributed by atoms with van der Waals surface area (Å²) in [6.45, 7) is 0.520. The van der Waals surface area contributed by atoms with E-state index >= 15 is 0 Å². The van der Waals surface area contributed by atoms with Crippen LogP contribution < -0.4 is 16.0 Å². The summed E-state index contributed by atoms with van der Waals surface area (Å²) in [5.74, 6) is 1.09. The van der Waals surface area contributed by atoms with Crippen molar-refractivity contribution in [3.63, 3.8) is 0 Å². The monoisotopic (exact) mass is 262 g/mol. The maximum atomic E-state index is 12.0. The summed E-state index contributed by atoms with van der Waals surface area (Å²) in [7, 11) is 3.90. The van der Waals surface area contributed by atoms with E-state index in [0.717, 1.165) is 30.6 Å². The van der Waals surface area contributed by atoms with Crippen molar-refractivity contribution >= 4 is 11.7 Å². The maximum absolute atomic E-state index is 12.0. The Bertz CT molecular complexity index is 447. The van der Waals surface area contributed by atoms with Crippen LogP contribution >= 0.6 is 0 Å². The fraction of sp³-hybridized carbons (Fsp3) is 0.571. The molecule has 1 aliphatic carbocycles. The van der Waals surface area contributed by atoms with Crippen molar-refractivity contribution in [2.45, 2.75) is 31.8 Å². The lowest BCUT2D eigenvalue weighted by atomic mass is 10.1. The Labute approximate surface area is 114 Å². The Kier molecular flexibility index (Phi) is 4.37. The minimum atomic E-state index is 0.0782. The molecule has 0 saturated heterocycles. The first-order chi connectivity index (χ1) is 9.08. The van der Waals surface area contributed by atoms with Gasteiger partial charge in [0.25, 0.3) is 0 Å². The van der Waals surface area contributed by atoms with Crippen LogP contribution in [0.15, 0.2) is 18.3 Å². The Balaban J connectivity index is 1.93. The number of pyridine rings is 1. The van der Waals surface area contributed by atoms with Crippen LogP contribution in [0.1, 0.15) is 24.8 Å². The van der Waals surface area contributed by atoms with Crippen molar-refractivity contribution < 1.29 is 4.79 Å². The largest absolute Gasteiger partial charge is 0.362 e. The van der Waals surface area contributed by atoms with E-state index in [0.29, 0.717) is 6.54 Å². The van der Waals surface area contributed by atoms with E-state index in [9.17, 15) is 4.79 Å². The topological polar surface area (TPSA) is 71.2 Å². The molecule has 0 radical (unpaired) electrons. The highest BCUT2D eigenvalue weighted by molar-refractivity contribution is 5.79. The second-order valence-electron chi connectivity index (χ2n) is 5.37. The van der Waals surface area contributed by atoms with Crippen LogP contribution in [0.3, 0.4) is 0 Å². The zero-order chi connectivity index (χ0) is 13.8. The van der Waals surface area contributed by atoms with Gasteiger partial charge in [0.15, 0.2) is 0 Å². The van der Waals surface area contributed by atoms with Gasteiger partial charge in [0.05, 0.1) is 0 Å². The number of anilines is 1. The normalized spacial score (nSPS) is 22.3. The van der Waals surface area contributed by atoms with E-state index in [1.54, 1.807) is 6.20 Å². The SMILES string of the molecule is CN(C)c1ncccc1CNC(=O)C1CCC(N)C1. The maximum Gasteiger partial charge on any atom is 0.223 e. The minimum absolute atomic E-state index is 0.0782. The van der Waals surface area contributed by atoms with E-state index in [4.69, 9.17) is 5.73 Å². The number of amides is 1. The van der Waals surface area contributed by atoms with E-state index in [1.165, 1.54) is 0 Å². The minimum Gasteiger partial charge on any atom is -0.362 e. The standard InChI is InChI=1S/C14H22N4O/c1-18(2)13-11(4-3-7-16-13)9-17-14(19)10-5-6-12(15)8-10/h3-4,7,10,12H,5-6,8-9,15H2,1-2H3,(H,17,19).